The minimum atomic E-state index is 0.245. The van der Waals surface area contributed by atoms with Crippen molar-refractivity contribution in [2.45, 2.75) is 44.6 Å². The van der Waals surface area contributed by atoms with Crippen LogP contribution in [0.15, 0.2) is 6.20 Å². The van der Waals surface area contributed by atoms with E-state index in [4.69, 9.17) is 0 Å². The number of carbonyl (C=O) groups excluding carboxylic acids is 1. The maximum Gasteiger partial charge on any atom is 0.222 e. The standard InChI is InChI=1S/C12H18N4O/c1-2-12(17)15-6-5-10(7-15)16-8-11(13-14-16)9-3-4-9/h8-10H,2-7H2,1H3. The van der Waals surface area contributed by atoms with Crippen LogP contribution in [0.1, 0.15) is 50.3 Å². The summed E-state index contributed by atoms with van der Waals surface area (Å²) in [4.78, 5) is 13.5. The van der Waals surface area contributed by atoms with Crippen molar-refractivity contribution in [3.05, 3.63) is 11.9 Å². The molecule has 2 aliphatic rings. The van der Waals surface area contributed by atoms with E-state index >= 15 is 0 Å². The van der Waals surface area contributed by atoms with Crippen LogP contribution < -0.4 is 0 Å². The summed E-state index contributed by atoms with van der Waals surface area (Å²) in [5, 5.41) is 8.43. The molecule has 0 aromatic carbocycles. The molecule has 0 spiro atoms. The zero-order valence-corrected chi connectivity index (χ0v) is 10.2. The normalized spacial score (nSPS) is 24.3. The van der Waals surface area contributed by atoms with Gasteiger partial charge in [0.25, 0.3) is 0 Å². The van der Waals surface area contributed by atoms with Crippen molar-refractivity contribution < 1.29 is 4.79 Å². The van der Waals surface area contributed by atoms with Crippen LogP contribution in [0.25, 0.3) is 0 Å². The van der Waals surface area contributed by atoms with Crippen molar-refractivity contribution >= 4 is 5.91 Å². The zero-order chi connectivity index (χ0) is 11.8. The molecule has 1 saturated carbocycles. The van der Waals surface area contributed by atoms with Gasteiger partial charge in [-0.15, -0.1) is 5.10 Å². The molecule has 0 bridgehead atoms. The highest BCUT2D eigenvalue weighted by Gasteiger charge is 2.30. The molecule has 1 unspecified atom stereocenters. The molecule has 3 rings (SSSR count). The first-order valence-corrected chi connectivity index (χ1v) is 6.47. The number of likely N-dealkylation sites (tertiary alicyclic amines) is 1. The molecule has 0 radical (unpaired) electrons. The van der Waals surface area contributed by atoms with Crippen molar-refractivity contribution in [3.63, 3.8) is 0 Å². The summed E-state index contributed by atoms with van der Waals surface area (Å²) in [6.45, 7) is 3.56. The molecule has 1 aromatic heterocycles. The average Bonchev–Trinajstić information content (AvgIpc) is 2.91. The fraction of sp³-hybridized carbons (Fsp3) is 0.750. The molecule has 5 heteroatoms. The molecule has 2 fully saturated rings. The molecule has 1 atom stereocenters. The van der Waals surface area contributed by atoms with Crippen molar-refractivity contribution in [2.24, 2.45) is 0 Å². The van der Waals surface area contributed by atoms with Gasteiger partial charge in [0.2, 0.25) is 5.91 Å². The predicted molar refractivity (Wildman–Crippen MR) is 62.5 cm³/mol. The molecule has 1 saturated heterocycles. The van der Waals surface area contributed by atoms with Crippen LogP contribution in [-0.4, -0.2) is 38.9 Å². The molecule has 0 N–H and O–H groups in total. The summed E-state index contributed by atoms with van der Waals surface area (Å²) < 4.78 is 1.95. The lowest BCUT2D eigenvalue weighted by molar-refractivity contribution is -0.129. The molecule has 5 nitrogen and oxygen atoms in total. The lowest BCUT2D eigenvalue weighted by Crippen LogP contribution is -2.28. The highest BCUT2D eigenvalue weighted by Crippen LogP contribution is 2.39. The Labute approximate surface area is 101 Å². The molecule has 17 heavy (non-hydrogen) atoms. The largest absolute Gasteiger partial charge is 0.340 e. The van der Waals surface area contributed by atoms with Gasteiger partial charge >= 0.3 is 0 Å². The van der Waals surface area contributed by atoms with Gasteiger partial charge in [0.15, 0.2) is 0 Å². The van der Waals surface area contributed by atoms with E-state index in [1.54, 1.807) is 0 Å². The number of nitrogens with zero attached hydrogens (tertiary/aromatic N) is 4. The van der Waals surface area contributed by atoms with E-state index in [9.17, 15) is 4.79 Å². The molecule has 1 aliphatic carbocycles. The fourth-order valence-electron chi connectivity index (χ4n) is 2.44. The fourth-order valence-corrected chi connectivity index (χ4v) is 2.44. The van der Waals surface area contributed by atoms with Gasteiger partial charge in [0, 0.05) is 31.6 Å². The summed E-state index contributed by atoms with van der Waals surface area (Å²) in [5.74, 6) is 0.897. The lowest BCUT2D eigenvalue weighted by Gasteiger charge is -2.15. The second-order valence-electron chi connectivity index (χ2n) is 5.03. The third-order valence-electron chi connectivity index (χ3n) is 3.72. The first-order chi connectivity index (χ1) is 8.28. The Bertz CT molecular complexity index is 424. The van der Waals surface area contributed by atoms with E-state index in [-0.39, 0.29) is 5.91 Å². The summed E-state index contributed by atoms with van der Waals surface area (Å²) in [5.41, 5.74) is 1.13. The van der Waals surface area contributed by atoms with Crippen LogP contribution >= 0.6 is 0 Å². The van der Waals surface area contributed by atoms with E-state index < -0.39 is 0 Å². The first kappa shape index (κ1) is 10.7. The van der Waals surface area contributed by atoms with E-state index in [0.29, 0.717) is 18.4 Å². The van der Waals surface area contributed by atoms with Crippen molar-refractivity contribution in [3.8, 4) is 0 Å². The van der Waals surface area contributed by atoms with E-state index in [1.165, 1.54) is 12.8 Å². The molecule has 1 aromatic rings. The van der Waals surface area contributed by atoms with Crippen LogP contribution in [-0.2, 0) is 4.79 Å². The Kier molecular flexibility index (Phi) is 2.61. The maximum absolute atomic E-state index is 11.6. The van der Waals surface area contributed by atoms with Crippen LogP contribution in [0.3, 0.4) is 0 Å². The Balaban J connectivity index is 1.66. The number of hydrogen-bond donors (Lipinski definition) is 0. The summed E-state index contributed by atoms with van der Waals surface area (Å²) in [7, 11) is 0. The topological polar surface area (TPSA) is 51.0 Å². The Hall–Kier alpha value is -1.39. The van der Waals surface area contributed by atoms with Crippen molar-refractivity contribution in [2.75, 3.05) is 13.1 Å². The molecule has 92 valence electrons. The second kappa shape index (κ2) is 4.13. The van der Waals surface area contributed by atoms with Crippen molar-refractivity contribution in [1.82, 2.24) is 19.9 Å². The van der Waals surface area contributed by atoms with Gasteiger partial charge in [-0.05, 0) is 19.3 Å². The van der Waals surface area contributed by atoms with E-state index in [1.807, 2.05) is 16.5 Å². The minimum Gasteiger partial charge on any atom is -0.340 e. The van der Waals surface area contributed by atoms with E-state index in [2.05, 4.69) is 16.5 Å². The first-order valence-electron chi connectivity index (χ1n) is 6.47. The van der Waals surface area contributed by atoms with Gasteiger partial charge in [-0.3, -0.25) is 4.79 Å². The maximum atomic E-state index is 11.6. The summed E-state index contributed by atoms with van der Waals surface area (Å²) in [6.07, 6.45) is 6.17. The number of carbonyl (C=O) groups is 1. The number of amides is 1. The molecular formula is C12H18N4O. The van der Waals surface area contributed by atoms with Crippen LogP contribution in [0.4, 0.5) is 0 Å². The van der Waals surface area contributed by atoms with Gasteiger partial charge < -0.3 is 4.90 Å². The quantitative estimate of drug-likeness (QED) is 0.793. The lowest BCUT2D eigenvalue weighted by atomic mass is 10.2. The SMILES string of the molecule is CCC(=O)N1CCC(n2cc(C3CC3)nn2)C1. The van der Waals surface area contributed by atoms with Gasteiger partial charge in [-0.25, -0.2) is 4.68 Å². The van der Waals surface area contributed by atoms with E-state index in [0.717, 1.165) is 25.2 Å². The predicted octanol–water partition coefficient (Wildman–Crippen LogP) is 1.34. The van der Waals surface area contributed by atoms with Crippen LogP contribution in [0.2, 0.25) is 0 Å². The Morgan fingerprint density at radius 2 is 2.29 bits per heavy atom. The van der Waals surface area contributed by atoms with Gasteiger partial charge in [0.1, 0.15) is 0 Å². The smallest absolute Gasteiger partial charge is 0.222 e. The van der Waals surface area contributed by atoms with Gasteiger partial charge in [-0.2, -0.15) is 0 Å². The Morgan fingerprint density at radius 3 is 3.00 bits per heavy atom. The number of hydrogen-bond acceptors (Lipinski definition) is 3. The van der Waals surface area contributed by atoms with Gasteiger partial charge in [-0.1, -0.05) is 12.1 Å². The second-order valence-corrected chi connectivity index (χ2v) is 5.03. The summed E-state index contributed by atoms with van der Waals surface area (Å²) in [6, 6.07) is 0.325. The van der Waals surface area contributed by atoms with Crippen LogP contribution in [0, 0.1) is 0 Å². The highest BCUT2D eigenvalue weighted by atomic mass is 16.2. The molecule has 1 amide bonds. The Morgan fingerprint density at radius 1 is 1.47 bits per heavy atom. The number of rotatable bonds is 3. The molecular weight excluding hydrogens is 216 g/mol. The third-order valence-corrected chi connectivity index (χ3v) is 3.72. The van der Waals surface area contributed by atoms with Crippen LogP contribution in [0.5, 0.6) is 0 Å². The van der Waals surface area contributed by atoms with Crippen molar-refractivity contribution in [1.29, 1.82) is 0 Å². The summed E-state index contributed by atoms with van der Waals surface area (Å²) >= 11 is 0. The molecule has 2 heterocycles. The monoisotopic (exact) mass is 234 g/mol. The van der Waals surface area contributed by atoms with Gasteiger partial charge in [0.05, 0.1) is 11.7 Å². The zero-order valence-electron chi connectivity index (χ0n) is 10.2. The average molecular weight is 234 g/mol. The number of aromatic nitrogens is 3. The minimum absolute atomic E-state index is 0.245. The third kappa shape index (κ3) is 2.06. The molecule has 1 aliphatic heterocycles. The highest BCUT2D eigenvalue weighted by molar-refractivity contribution is 5.76.